The van der Waals surface area contributed by atoms with Crippen LogP contribution in [0.3, 0.4) is 0 Å². The number of nitro groups is 1. The van der Waals surface area contributed by atoms with Crippen molar-refractivity contribution in [3.8, 4) is 0 Å². The van der Waals surface area contributed by atoms with Crippen molar-refractivity contribution in [2.75, 3.05) is 5.32 Å². The molecule has 0 saturated carbocycles. The van der Waals surface area contributed by atoms with E-state index in [0.717, 1.165) is 5.56 Å². The number of nitrogens with one attached hydrogen (secondary N) is 1. The molecule has 0 aromatic carbocycles. The molecule has 2 aromatic rings. The Balaban J connectivity index is 2.24. The quantitative estimate of drug-likeness (QED) is 0.658. The third-order valence-electron chi connectivity index (χ3n) is 2.56. The molecule has 0 fully saturated rings. The maximum atomic E-state index is 10.7. The monoisotopic (exact) mass is 282 g/mol. The van der Waals surface area contributed by atoms with Crippen LogP contribution >= 0.6 is 11.3 Å². The lowest BCUT2D eigenvalue weighted by atomic mass is 10.2. The predicted molar refractivity (Wildman–Crippen MR) is 68.6 cm³/mol. The highest BCUT2D eigenvalue weighted by atomic mass is 32.1. The number of imidazole rings is 1. The van der Waals surface area contributed by atoms with Crippen LogP contribution in [0.4, 0.5) is 15.6 Å². The molecule has 0 spiro atoms. The van der Waals surface area contributed by atoms with Gasteiger partial charge in [-0.3, -0.25) is 5.32 Å². The second-order valence-electron chi connectivity index (χ2n) is 3.73. The van der Waals surface area contributed by atoms with Crippen molar-refractivity contribution < 1.29 is 14.8 Å². The molecule has 0 atom stereocenters. The van der Waals surface area contributed by atoms with Crippen LogP contribution in [0.5, 0.6) is 0 Å². The number of thiophene rings is 1. The first-order valence-corrected chi connectivity index (χ1v) is 6.08. The van der Waals surface area contributed by atoms with Crippen molar-refractivity contribution in [2.45, 2.75) is 6.42 Å². The van der Waals surface area contributed by atoms with Crippen LogP contribution in [-0.4, -0.2) is 25.7 Å². The van der Waals surface area contributed by atoms with Gasteiger partial charge in [0, 0.05) is 0 Å². The van der Waals surface area contributed by atoms with Gasteiger partial charge in [-0.25, -0.2) is 14.3 Å². The van der Waals surface area contributed by atoms with E-state index in [1.165, 1.54) is 22.1 Å². The summed E-state index contributed by atoms with van der Waals surface area (Å²) in [7, 11) is 1.55. The zero-order valence-electron chi connectivity index (χ0n) is 9.86. The van der Waals surface area contributed by atoms with Gasteiger partial charge in [-0.05, 0) is 21.9 Å². The molecule has 2 heterocycles. The average Bonchev–Trinajstić information content (AvgIpc) is 2.88. The summed E-state index contributed by atoms with van der Waals surface area (Å²) < 4.78 is 1.38. The molecule has 0 aliphatic rings. The summed E-state index contributed by atoms with van der Waals surface area (Å²) in [6.45, 7) is 0. The van der Waals surface area contributed by atoms with E-state index in [2.05, 4.69) is 10.3 Å². The van der Waals surface area contributed by atoms with Gasteiger partial charge in [0.1, 0.15) is 11.2 Å². The molecule has 19 heavy (non-hydrogen) atoms. The number of amides is 1. The summed E-state index contributed by atoms with van der Waals surface area (Å²) in [6, 6.07) is 1.76. The van der Waals surface area contributed by atoms with Gasteiger partial charge in [0.25, 0.3) is 0 Å². The van der Waals surface area contributed by atoms with E-state index in [9.17, 15) is 14.9 Å². The molecular formula is C10H10N4O4S. The first kappa shape index (κ1) is 13.0. The van der Waals surface area contributed by atoms with Crippen LogP contribution in [0.2, 0.25) is 0 Å². The number of hydrogen-bond acceptors (Lipinski definition) is 5. The lowest BCUT2D eigenvalue weighted by Crippen LogP contribution is -2.08. The van der Waals surface area contributed by atoms with Gasteiger partial charge in [-0.2, -0.15) is 0 Å². The average molecular weight is 282 g/mol. The Bertz CT molecular complexity index is 633. The van der Waals surface area contributed by atoms with Gasteiger partial charge in [0.2, 0.25) is 5.82 Å². The number of carboxylic acid groups (broad SMARTS) is 1. The molecule has 100 valence electrons. The SMILES string of the molecule is Cn1c([N+](=O)[O-])cnc1Cc1ccsc1NC(=O)O. The molecule has 9 heteroatoms. The van der Waals surface area contributed by atoms with E-state index in [0.29, 0.717) is 17.2 Å². The highest BCUT2D eigenvalue weighted by Gasteiger charge is 2.18. The van der Waals surface area contributed by atoms with Crippen molar-refractivity contribution >= 4 is 28.2 Å². The third kappa shape index (κ3) is 2.71. The molecule has 0 saturated heterocycles. The zero-order valence-corrected chi connectivity index (χ0v) is 10.7. The Morgan fingerprint density at radius 1 is 1.68 bits per heavy atom. The highest BCUT2D eigenvalue weighted by Crippen LogP contribution is 2.26. The van der Waals surface area contributed by atoms with E-state index in [-0.39, 0.29) is 5.82 Å². The maximum absolute atomic E-state index is 10.7. The molecule has 0 aliphatic heterocycles. The van der Waals surface area contributed by atoms with Crippen LogP contribution in [-0.2, 0) is 13.5 Å². The number of carbonyl (C=O) groups is 1. The molecule has 2 N–H and O–H groups in total. The zero-order chi connectivity index (χ0) is 14.0. The summed E-state index contributed by atoms with van der Waals surface area (Å²) in [6.07, 6.45) is 0.365. The summed E-state index contributed by atoms with van der Waals surface area (Å²) in [5.74, 6) is 0.400. The fraction of sp³-hybridized carbons (Fsp3) is 0.200. The van der Waals surface area contributed by atoms with Crippen LogP contribution in [0.25, 0.3) is 0 Å². The Labute approximate surface area is 111 Å². The Morgan fingerprint density at radius 3 is 3.00 bits per heavy atom. The standard InChI is InChI=1S/C10H10N4O4S/c1-13-7(11-5-8(13)14(17)18)4-6-2-3-19-9(6)12-10(15)16/h2-3,5,12H,4H2,1H3,(H,15,16). The first-order chi connectivity index (χ1) is 8.99. The van der Waals surface area contributed by atoms with Gasteiger partial charge in [-0.15, -0.1) is 11.3 Å². The number of nitrogens with zero attached hydrogens (tertiary/aromatic N) is 3. The maximum Gasteiger partial charge on any atom is 0.409 e. The minimum atomic E-state index is -1.14. The predicted octanol–water partition coefficient (Wildman–Crippen LogP) is 2.07. The summed E-state index contributed by atoms with van der Waals surface area (Å²) in [5.41, 5.74) is 0.732. The molecule has 0 aliphatic carbocycles. The van der Waals surface area contributed by atoms with Crippen LogP contribution in [0.1, 0.15) is 11.4 Å². The molecular weight excluding hydrogens is 272 g/mol. The number of anilines is 1. The van der Waals surface area contributed by atoms with Crippen molar-refractivity contribution in [1.82, 2.24) is 9.55 Å². The smallest absolute Gasteiger partial charge is 0.409 e. The van der Waals surface area contributed by atoms with Crippen LogP contribution in [0, 0.1) is 10.1 Å². The fourth-order valence-electron chi connectivity index (χ4n) is 1.62. The normalized spacial score (nSPS) is 10.4. The van der Waals surface area contributed by atoms with Crippen LogP contribution in [0.15, 0.2) is 17.6 Å². The Kier molecular flexibility index (Phi) is 3.47. The lowest BCUT2D eigenvalue weighted by molar-refractivity contribution is -0.391. The van der Waals surface area contributed by atoms with Crippen LogP contribution < -0.4 is 5.32 Å². The highest BCUT2D eigenvalue weighted by molar-refractivity contribution is 7.14. The second kappa shape index (κ2) is 5.06. The van der Waals surface area contributed by atoms with Gasteiger partial charge >= 0.3 is 11.9 Å². The molecule has 2 aromatic heterocycles. The molecule has 8 nitrogen and oxygen atoms in total. The molecule has 0 unspecified atom stereocenters. The second-order valence-corrected chi connectivity index (χ2v) is 4.65. The summed E-state index contributed by atoms with van der Waals surface area (Å²) in [5, 5.41) is 23.9. The lowest BCUT2D eigenvalue weighted by Gasteiger charge is -2.02. The fourth-order valence-corrected chi connectivity index (χ4v) is 2.43. The van der Waals surface area contributed by atoms with Crippen molar-refractivity contribution in [2.24, 2.45) is 7.05 Å². The van der Waals surface area contributed by atoms with Gasteiger partial charge in [0.05, 0.1) is 13.5 Å². The van der Waals surface area contributed by atoms with Crippen molar-refractivity contribution in [3.63, 3.8) is 0 Å². The molecule has 0 bridgehead atoms. The largest absolute Gasteiger partial charge is 0.465 e. The Hall–Kier alpha value is -2.42. The summed E-state index contributed by atoms with van der Waals surface area (Å²) in [4.78, 5) is 24.8. The van der Waals surface area contributed by atoms with E-state index in [4.69, 9.17) is 5.11 Å². The molecule has 0 radical (unpaired) electrons. The molecule has 1 amide bonds. The number of hydrogen-bond donors (Lipinski definition) is 2. The van der Waals surface area contributed by atoms with E-state index in [1.54, 1.807) is 18.5 Å². The first-order valence-electron chi connectivity index (χ1n) is 5.20. The summed E-state index contributed by atoms with van der Waals surface area (Å²) >= 11 is 1.25. The van der Waals surface area contributed by atoms with E-state index in [1.807, 2.05) is 0 Å². The van der Waals surface area contributed by atoms with Gasteiger partial charge < -0.3 is 15.2 Å². The third-order valence-corrected chi connectivity index (χ3v) is 3.43. The van der Waals surface area contributed by atoms with E-state index >= 15 is 0 Å². The Morgan fingerprint density at radius 2 is 2.42 bits per heavy atom. The van der Waals surface area contributed by atoms with Gasteiger partial charge in [-0.1, -0.05) is 0 Å². The number of aromatic nitrogens is 2. The van der Waals surface area contributed by atoms with E-state index < -0.39 is 11.0 Å². The number of rotatable bonds is 4. The van der Waals surface area contributed by atoms with Gasteiger partial charge in [0.15, 0.2) is 0 Å². The van der Waals surface area contributed by atoms with Crippen molar-refractivity contribution in [3.05, 3.63) is 39.1 Å². The van der Waals surface area contributed by atoms with Crippen molar-refractivity contribution in [1.29, 1.82) is 0 Å². The molecule has 2 rings (SSSR count). The topological polar surface area (TPSA) is 110 Å². The minimum Gasteiger partial charge on any atom is -0.465 e. The minimum absolute atomic E-state index is 0.0991.